The van der Waals surface area contributed by atoms with E-state index in [1.165, 1.54) is 0 Å². The maximum atomic E-state index is 12.4. The third-order valence-electron chi connectivity index (χ3n) is 3.19. The van der Waals surface area contributed by atoms with E-state index in [4.69, 9.17) is 9.84 Å². The first kappa shape index (κ1) is 17.0. The Labute approximate surface area is 128 Å². The lowest BCUT2D eigenvalue weighted by molar-refractivity contribution is 0.0884. The standard InChI is InChI=1S/C15H22BrNO3/c1-15(2,3)13(7-8-18)17-14(19)11-9-10(20-4)5-6-12(11)16/h5-6,9,13,18H,7-8H2,1-4H3,(H,17,19). The fourth-order valence-electron chi connectivity index (χ4n) is 1.89. The summed E-state index contributed by atoms with van der Waals surface area (Å²) in [5.74, 6) is 0.456. The second-order valence-electron chi connectivity index (χ2n) is 5.75. The van der Waals surface area contributed by atoms with Crippen LogP contribution >= 0.6 is 15.9 Å². The molecule has 0 bridgehead atoms. The summed E-state index contributed by atoms with van der Waals surface area (Å²) in [6.07, 6.45) is 0.525. The van der Waals surface area contributed by atoms with Gasteiger partial charge in [0, 0.05) is 17.1 Å². The Hall–Kier alpha value is -1.07. The van der Waals surface area contributed by atoms with E-state index in [0.29, 0.717) is 22.2 Å². The van der Waals surface area contributed by atoms with Crippen molar-refractivity contribution in [2.45, 2.75) is 33.2 Å². The number of benzene rings is 1. The van der Waals surface area contributed by atoms with Gasteiger partial charge in [0.15, 0.2) is 0 Å². The molecule has 0 aliphatic heterocycles. The smallest absolute Gasteiger partial charge is 0.252 e. The first-order valence-corrected chi connectivity index (χ1v) is 7.34. The van der Waals surface area contributed by atoms with Crippen molar-refractivity contribution in [3.05, 3.63) is 28.2 Å². The molecule has 5 heteroatoms. The molecule has 1 rings (SSSR count). The summed E-state index contributed by atoms with van der Waals surface area (Å²) in [5, 5.41) is 12.1. The topological polar surface area (TPSA) is 58.6 Å². The maximum Gasteiger partial charge on any atom is 0.252 e. The molecule has 1 aromatic rings. The Balaban J connectivity index is 2.94. The van der Waals surface area contributed by atoms with E-state index < -0.39 is 0 Å². The van der Waals surface area contributed by atoms with Gasteiger partial charge in [-0.3, -0.25) is 4.79 Å². The van der Waals surface area contributed by atoms with Gasteiger partial charge in [-0.1, -0.05) is 20.8 Å². The third-order valence-corrected chi connectivity index (χ3v) is 3.88. The number of amides is 1. The van der Waals surface area contributed by atoms with Crippen molar-refractivity contribution in [3.63, 3.8) is 0 Å². The average Bonchev–Trinajstić information content (AvgIpc) is 2.37. The van der Waals surface area contributed by atoms with Crippen molar-refractivity contribution in [1.82, 2.24) is 5.32 Å². The largest absolute Gasteiger partial charge is 0.497 e. The number of aliphatic hydroxyl groups is 1. The van der Waals surface area contributed by atoms with Gasteiger partial charge in [0.05, 0.1) is 12.7 Å². The molecule has 4 nitrogen and oxygen atoms in total. The summed E-state index contributed by atoms with van der Waals surface area (Å²) in [5.41, 5.74) is 0.403. The minimum Gasteiger partial charge on any atom is -0.497 e. The van der Waals surface area contributed by atoms with Gasteiger partial charge in [0.1, 0.15) is 5.75 Å². The van der Waals surface area contributed by atoms with Crippen LogP contribution in [0.1, 0.15) is 37.6 Å². The number of carbonyl (C=O) groups excluding carboxylic acids is 1. The molecule has 2 N–H and O–H groups in total. The highest BCUT2D eigenvalue weighted by atomic mass is 79.9. The SMILES string of the molecule is COc1ccc(Br)c(C(=O)NC(CCO)C(C)(C)C)c1. The molecule has 0 fully saturated rings. The Morgan fingerprint density at radius 3 is 2.60 bits per heavy atom. The molecule has 1 aromatic carbocycles. The lowest BCUT2D eigenvalue weighted by Crippen LogP contribution is -2.44. The van der Waals surface area contributed by atoms with E-state index in [1.54, 1.807) is 25.3 Å². The van der Waals surface area contributed by atoms with E-state index in [-0.39, 0.29) is 24.0 Å². The fraction of sp³-hybridized carbons (Fsp3) is 0.533. The number of methoxy groups -OCH3 is 1. The Morgan fingerprint density at radius 1 is 1.45 bits per heavy atom. The summed E-state index contributed by atoms with van der Waals surface area (Å²) < 4.78 is 5.85. The molecule has 0 heterocycles. The first-order chi connectivity index (χ1) is 9.29. The van der Waals surface area contributed by atoms with Gasteiger partial charge in [0.25, 0.3) is 5.91 Å². The van der Waals surface area contributed by atoms with Crippen LogP contribution in [0.5, 0.6) is 5.75 Å². The number of hydrogen-bond donors (Lipinski definition) is 2. The predicted octanol–water partition coefficient (Wildman–Crippen LogP) is 2.98. The zero-order chi connectivity index (χ0) is 15.3. The number of ether oxygens (including phenoxy) is 1. The zero-order valence-corrected chi connectivity index (χ0v) is 14.0. The number of rotatable bonds is 5. The molecule has 0 aliphatic carbocycles. The lowest BCUT2D eigenvalue weighted by Gasteiger charge is -2.31. The molecule has 0 saturated carbocycles. The zero-order valence-electron chi connectivity index (χ0n) is 12.4. The van der Waals surface area contributed by atoms with Gasteiger partial charge in [0.2, 0.25) is 0 Å². The van der Waals surface area contributed by atoms with Gasteiger partial charge >= 0.3 is 0 Å². The van der Waals surface area contributed by atoms with Crippen molar-refractivity contribution in [3.8, 4) is 5.75 Å². The van der Waals surface area contributed by atoms with Crippen molar-refractivity contribution in [2.24, 2.45) is 5.41 Å². The molecular weight excluding hydrogens is 322 g/mol. The molecule has 1 atom stereocenters. The minimum atomic E-state index is -0.177. The molecule has 0 radical (unpaired) electrons. The second-order valence-corrected chi connectivity index (χ2v) is 6.60. The average molecular weight is 344 g/mol. The van der Waals surface area contributed by atoms with Crippen molar-refractivity contribution in [1.29, 1.82) is 0 Å². The van der Waals surface area contributed by atoms with Crippen LogP contribution in [-0.4, -0.2) is 30.8 Å². The second kappa shape index (κ2) is 7.09. The van der Waals surface area contributed by atoms with Crippen LogP contribution in [0, 0.1) is 5.41 Å². The Kier molecular flexibility index (Phi) is 6.02. The van der Waals surface area contributed by atoms with Crippen LogP contribution in [0.2, 0.25) is 0 Å². The quantitative estimate of drug-likeness (QED) is 0.863. The number of nitrogens with one attached hydrogen (secondary N) is 1. The van der Waals surface area contributed by atoms with Gasteiger partial charge in [-0.05, 0) is 46.0 Å². The Morgan fingerprint density at radius 2 is 2.10 bits per heavy atom. The molecule has 0 spiro atoms. The van der Waals surface area contributed by atoms with Crippen LogP contribution in [0.25, 0.3) is 0 Å². The molecule has 0 saturated heterocycles. The van der Waals surface area contributed by atoms with E-state index >= 15 is 0 Å². The summed E-state index contributed by atoms with van der Waals surface area (Å²) >= 11 is 3.37. The summed E-state index contributed by atoms with van der Waals surface area (Å²) in [4.78, 5) is 12.4. The molecule has 0 aliphatic rings. The van der Waals surface area contributed by atoms with Gasteiger partial charge in [-0.15, -0.1) is 0 Å². The fourth-order valence-corrected chi connectivity index (χ4v) is 2.32. The van der Waals surface area contributed by atoms with Crippen LogP contribution in [0.3, 0.4) is 0 Å². The molecule has 1 amide bonds. The highest BCUT2D eigenvalue weighted by molar-refractivity contribution is 9.10. The minimum absolute atomic E-state index is 0.0432. The summed E-state index contributed by atoms with van der Waals surface area (Å²) in [6.45, 7) is 6.15. The lowest BCUT2D eigenvalue weighted by atomic mass is 9.85. The Bertz CT molecular complexity index is 469. The number of carbonyl (C=O) groups is 1. The normalized spacial score (nSPS) is 12.9. The van der Waals surface area contributed by atoms with Crippen molar-refractivity contribution >= 4 is 21.8 Å². The van der Waals surface area contributed by atoms with E-state index in [1.807, 2.05) is 20.8 Å². The molecular formula is C15H22BrNO3. The summed E-state index contributed by atoms with van der Waals surface area (Å²) in [6, 6.07) is 5.16. The van der Waals surface area contributed by atoms with E-state index in [0.717, 1.165) is 0 Å². The van der Waals surface area contributed by atoms with E-state index in [2.05, 4.69) is 21.2 Å². The molecule has 112 valence electrons. The third kappa shape index (κ3) is 4.49. The highest BCUT2D eigenvalue weighted by Gasteiger charge is 2.26. The van der Waals surface area contributed by atoms with Crippen LogP contribution < -0.4 is 10.1 Å². The summed E-state index contributed by atoms with van der Waals surface area (Å²) in [7, 11) is 1.56. The van der Waals surface area contributed by atoms with Crippen LogP contribution in [0.4, 0.5) is 0 Å². The number of hydrogen-bond acceptors (Lipinski definition) is 3. The molecule has 20 heavy (non-hydrogen) atoms. The predicted molar refractivity (Wildman–Crippen MR) is 83.1 cm³/mol. The van der Waals surface area contributed by atoms with Crippen LogP contribution in [-0.2, 0) is 0 Å². The highest BCUT2D eigenvalue weighted by Crippen LogP contribution is 2.25. The maximum absolute atomic E-state index is 12.4. The van der Waals surface area contributed by atoms with Crippen molar-refractivity contribution < 1.29 is 14.6 Å². The monoisotopic (exact) mass is 343 g/mol. The number of aliphatic hydroxyl groups excluding tert-OH is 1. The van der Waals surface area contributed by atoms with Gasteiger partial charge in [-0.2, -0.15) is 0 Å². The van der Waals surface area contributed by atoms with Crippen molar-refractivity contribution in [2.75, 3.05) is 13.7 Å². The van der Waals surface area contributed by atoms with Gasteiger partial charge < -0.3 is 15.2 Å². The first-order valence-electron chi connectivity index (χ1n) is 6.55. The van der Waals surface area contributed by atoms with E-state index in [9.17, 15) is 4.79 Å². The number of halogens is 1. The molecule has 0 aromatic heterocycles. The van der Waals surface area contributed by atoms with Crippen LogP contribution in [0.15, 0.2) is 22.7 Å². The van der Waals surface area contributed by atoms with Gasteiger partial charge in [-0.25, -0.2) is 0 Å². The molecule has 1 unspecified atom stereocenters.